The molecule has 1 aliphatic rings. The van der Waals surface area contributed by atoms with Crippen molar-refractivity contribution in [2.45, 2.75) is 6.54 Å². The minimum atomic E-state index is -3.39. The van der Waals surface area contributed by atoms with Gasteiger partial charge in [-0.3, -0.25) is 0 Å². The van der Waals surface area contributed by atoms with E-state index in [9.17, 15) is 12.8 Å². The second kappa shape index (κ2) is 3.88. The topological polar surface area (TPSA) is 49.2 Å². The lowest BCUT2D eigenvalue weighted by atomic mass is 10.2. The highest BCUT2D eigenvalue weighted by molar-refractivity contribution is 7.87. The largest absolute Gasteiger partial charge is 0.279 e. The first-order valence-electron chi connectivity index (χ1n) is 4.58. The molecule has 0 amide bonds. The van der Waals surface area contributed by atoms with Crippen LogP contribution < -0.4 is 4.72 Å². The summed E-state index contributed by atoms with van der Waals surface area (Å²) in [5.74, 6) is -0.397. The maximum atomic E-state index is 13.1. The van der Waals surface area contributed by atoms with Crippen molar-refractivity contribution >= 4 is 10.2 Å². The van der Waals surface area contributed by atoms with Gasteiger partial charge in [-0.1, -0.05) is 18.2 Å². The lowest BCUT2D eigenvalue weighted by Crippen LogP contribution is -2.29. The molecular weight excluding hydrogens is 219 g/mol. The molecule has 2 rings (SSSR count). The average Bonchev–Trinajstić information content (AvgIpc) is 3.00. The van der Waals surface area contributed by atoms with Gasteiger partial charge < -0.3 is 0 Å². The standard InChI is InChI=1S/C9H11FN2O2S/c10-9-4-2-1-3-8(9)7-11-15(13,14)12-5-6-12/h1-4,11H,5-7H2. The Morgan fingerprint density at radius 2 is 2.00 bits per heavy atom. The SMILES string of the molecule is O=S(=O)(NCc1ccccc1F)N1CC1. The van der Waals surface area contributed by atoms with Crippen LogP contribution in [0.2, 0.25) is 0 Å². The molecule has 0 bridgehead atoms. The molecule has 1 aromatic rings. The molecule has 0 saturated carbocycles. The first kappa shape index (κ1) is 10.5. The lowest BCUT2D eigenvalue weighted by molar-refractivity contribution is 0.543. The molecule has 6 heteroatoms. The van der Waals surface area contributed by atoms with Gasteiger partial charge >= 0.3 is 0 Å². The van der Waals surface area contributed by atoms with Crippen molar-refractivity contribution in [3.05, 3.63) is 35.6 Å². The van der Waals surface area contributed by atoms with E-state index in [0.29, 0.717) is 18.7 Å². The summed E-state index contributed by atoms with van der Waals surface area (Å²) >= 11 is 0. The molecule has 82 valence electrons. The van der Waals surface area contributed by atoms with Gasteiger partial charge in [0.25, 0.3) is 10.2 Å². The quantitative estimate of drug-likeness (QED) is 0.765. The van der Waals surface area contributed by atoms with Crippen LogP contribution in [0.15, 0.2) is 24.3 Å². The van der Waals surface area contributed by atoms with Crippen LogP contribution in [-0.2, 0) is 16.8 Å². The number of halogens is 1. The monoisotopic (exact) mass is 230 g/mol. The van der Waals surface area contributed by atoms with Gasteiger partial charge in [0.1, 0.15) is 5.82 Å². The van der Waals surface area contributed by atoms with E-state index in [1.165, 1.54) is 10.4 Å². The summed E-state index contributed by atoms with van der Waals surface area (Å²) in [5, 5.41) is 0. The third kappa shape index (κ3) is 2.53. The van der Waals surface area contributed by atoms with E-state index in [4.69, 9.17) is 0 Å². The van der Waals surface area contributed by atoms with Gasteiger partial charge in [0.05, 0.1) is 0 Å². The second-order valence-electron chi connectivity index (χ2n) is 3.32. The minimum Gasteiger partial charge on any atom is -0.207 e. The normalized spacial score (nSPS) is 16.6. The van der Waals surface area contributed by atoms with Crippen LogP contribution in [-0.4, -0.2) is 25.8 Å². The maximum absolute atomic E-state index is 13.1. The molecule has 0 unspecified atom stereocenters. The Labute approximate surface area is 87.9 Å². The van der Waals surface area contributed by atoms with E-state index in [2.05, 4.69) is 4.72 Å². The van der Waals surface area contributed by atoms with Gasteiger partial charge in [0.15, 0.2) is 0 Å². The number of rotatable bonds is 4. The number of hydrogen-bond donors (Lipinski definition) is 1. The molecule has 0 spiro atoms. The molecular formula is C9H11FN2O2S. The summed E-state index contributed by atoms with van der Waals surface area (Å²) in [7, 11) is -3.39. The van der Waals surface area contributed by atoms with Gasteiger partial charge in [-0.2, -0.15) is 17.4 Å². The highest BCUT2D eigenvalue weighted by Crippen LogP contribution is 2.11. The molecule has 1 fully saturated rings. The van der Waals surface area contributed by atoms with Gasteiger partial charge in [0, 0.05) is 25.2 Å². The van der Waals surface area contributed by atoms with Crippen molar-refractivity contribution in [3.63, 3.8) is 0 Å². The molecule has 0 aliphatic carbocycles. The van der Waals surface area contributed by atoms with E-state index in [0.717, 1.165) is 0 Å². The Morgan fingerprint density at radius 1 is 1.33 bits per heavy atom. The molecule has 0 aromatic heterocycles. The van der Waals surface area contributed by atoms with Crippen LogP contribution in [0.3, 0.4) is 0 Å². The summed E-state index contributed by atoms with van der Waals surface area (Å²) in [6.07, 6.45) is 0. The highest BCUT2D eigenvalue weighted by atomic mass is 32.2. The van der Waals surface area contributed by atoms with Gasteiger partial charge in [-0.05, 0) is 6.07 Å². The molecule has 1 saturated heterocycles. The Balaban J connectivity index is 2.02. The van der Waals surface area contributed by atoms with Crippen LogP contribution in [0.1, 0.15) is 5.56 Å². The number of nitrogens with zero attached hydrogens (tertiary/aromatic N) is 1. The molecule has 0 atom stereocenters. The lowest BCUT2D eigenvalue weighted by Gasteiger charge is -2.06. The zero-order valence-corrected chi connectivity index (χ0v) is 8.80. The molecule has 0 radical (unpaired) electrons. The van der Waals surface area contributed by atoms with Crippen molar-refractivity contribution in [2.24, 2.45) is 0 Å². The third-order valence-corrected chi connectivity index (χ3v) is 3.70. The van der Waals surface area contributed by atoms with E-state index in [1.807, 2.05) is 0 Å². The predicted octanol–water partition coefficient (Wildman–Crippen LogP) is 0.476. The fraction of sp³-hybridized carbons (Fsp3) is 0.333. The van der Waals surface area contributed by atoms with Crippen molar-refractivity contribution in [2.75, 3.05) is 13.1 Å². The second-order valence-corrected chi connectivity index (χ2v) is 5.07. The summed E-state index contributed by atoms with van der Waals surface area (Å²) in [6, 6.07) is 6.10. The fourth-order valence-corrected chi connectivity index (χ4v) is 2.27. The van der Waals surface area contributed by atoms with Crippen molar-refractivity contribution < 1.29 is 12.8 Å². The molecule has 4 nitrogen and oxygen atoms in total. The number of hydrogen-bond acceptors (Lipinski definition) is 2. The first-order chi connectivity index (χ1) is 7.09. The van der Waals surface area contributed by atoms with Crippen LogP contribution in [0.4, 0.5) is 4.39 Å². The molecule has 1 heterocycles. The Kier molecular flexibility index (Phi) is 2.72. The number of nitrogens with one attached hydrogen (secondary N) is 1. The van der Waals surface area contributed by atoms with E-state index < -0.39 is 16.0 Å². The summed E-state index contributed by atoms with van der Waals surface area (Å²) < 4.78 is 39.5. The predicted molar refractivity (Wildman–Crippen MR) is 53.7 cm³/mol. The molecule has 15 heavy (non-hydrogen) atoms. The minimum absolute atomic E-state index is 0.00843. The van der Waals surface area contributed by atoms with Gasteiger partial charge in [0.2, 0.25) is 0 Å². The van der Waals surface area contributed by atoms with Gasteiger partial charge in [-0.15, -0.1) is 0 Å². The number of benzene rings is 1. The van der Waals surface area contributed by atoms with Gasteiger partial charge in [-0.25, -0.2) is 4.39 Å². The van der Waals surface area contributed by atoms with Crippen LogP contribution in [0.25, 0.3) is 0 Å². The van der Waals surface area contributed by atoms with Crippen LogP contribution in [0, 0.1) is 5.82 Å². The Morgan fingerprint density at radius 3 is 2.60 bits per heavy atom. The first-order valence-corrected chi connectivity index (χ1v) is 6.02. The summed E-state index contributed by atoms with van der Waals surface area (Å²) in [6.45, 7) is 1.09. The molecule has 1 N–H and O–H groups in total. The van der Waals surface area contributed by atoms with E-state index >= 15 is 0 Å². The summed E-state index contributed by atoms with van der Waals surface area (Å²) in [4.78, 5) is 0. The Hall–Kier alpha value is -0.980. The maximum Gasteiger partial charge on any atom is 0.279 e. The van der Waals surface area contributed by atoms with Crippen LogP contribution in [0.5, 0.6) is 0 Å². The van der Waals surface area contributed by atoms with E-state index in [-0.39, 0.29) is 6.54 Å². The van der Waals surface area contributed by atoms with Crippen LogP contribution >= 0.6 is 0 Å². The zero-order chi connectivity index (χ0) is 10.9. The summed E-state index contributed by atoms with van der Waals surface area (Å²) in [5.41, 5.74) is 0.350. The highest BCUT2D eigenvalue weighted by Gasteiger charge is 2.31. The van der Waals surface area contributed by atoms with Crippen molar-refractivity contribution in [3.8, 4) is 0 Å². The Bertz CT molecular complexity index is 457. The molecule has 1 aliphatic heterocycles. The average molecular weight is 230 g/mol. The fourth-order valence-electron chi connectivity index (χ4n) is 1.18. The van der Waals surface area contributed by atoms with Crippen molar-refractivity contribution in [1.29, 1.82) is 0 Å². The van der Waals surface area contributed by atoms with E-state index in [1.54, 1.807) is 18.2 Å². The zero-order valence-electron chi connectivity index (χ0n) is 7.98. The smallest absolute Gasteiger partial charge is 0.207 e. The molecule has 1 aromatic carbocycles. The third-order valence-electron chi connectivity index (χ3n) is 2.15. The van der Waals surface area contributed by atoms with Crippen molar-refractivity contribution in [1.82, 2.24) is 9.03 Å².